The molecule has 0 aliphatic heterocycles. The van der Waals surface area contributed by atoms with Crippen LogP contribution in [-0.2, 0) is 10.0 Å². The van der Waals surface area contributed by atoms with E-state index in [1.807, 2.05) is 6.07 Å². The third-order valence-electron chi connectivity index (χ3n) is 3.34. The lowest BCUT2D eigenvalue weighted by Crippen LogP contribution is -2.37. The Bertz CT molecular complexity index is 842. The van der Waals surface area contributed by atoms with Gasteiger partial charge >= 0.3 is 0 Å². The highest BCUT2D eigenvalue weighted by Gasteiger charge is 2.14. The zero-order valence-electron chi connectivity index (χ0n) is 15.2. The van der Waals surface area contributed by atoms with E-state index in [1.54, 1.807) is 50.9 Å². The summed E-state index contributed by atoms with van der Waals surface area (Å²) in [5.41, 5.74) is 0.759. The van der Waals surface area contributed by atoms with Crippen LogP contribution in [0.15, 0.2) is 44.9 Å². The number of guanidine groups is 1. The maximum atomic E-state index is 12.0. The molecule has 27 heavy (non-hydrogen) atoms. The van der Waals surface area contributed by atoms with Gasteiger partial charge in [-0.15, -0.1) is 35.3 Å². The summed E-state index contributed by atoms with van der Waals surface area (Å²) in [7, 11) is 1.31. The van der Waals surface area contributed by atoms with Gasteiger partial charge in [-0.05, 0) is 23.6 Å². The molecule has 3 N–H and O–H groups in total. The first-order valence-corrected chi connectivity index (χ1v) is 10.1. The molecular weight excluding hydrogens is 503 g/mol. The standard InChI is InChI=1S/C16H22N4O4S2.HI/c1-17-16(20-12-6-7-13(23-2)14(11-12)24-3)18-8-9-19-26(21,22)15-5-4-10-25-15;/h4-7,10-11,19H,8-9H2,1-3H3,(H2,17,18,20);1H. The summed E-state index contributed by atoms with van der Waals surface area (Å²) in [6, 6.07) is 8.66. The third kappa shape index (κ3) is 6.83. The Morgan fingerprint density at radius 3 is 2.48 bits per heavy atom. The lowest BCUT2D eigenvalue weighted by Gasteiger charge is -2.14. The minimum atomic E-state index is -3.46. The molecule has 0 aliphatic rings. The van der Waals surface area contributed by atoms with Crippen molar-refractivity contribution in [3.05, 3.63) is 35.7 Å². The van der Waals surface area contributed by atoms with Gasteiger partial charge in [0.05, 0.1) is 14.2 Å². The average Bonchev–Trinajstić information content (AvgIpc) is 3.19. The smallest absolute Gasteiger partial charge is 0.250 e. The predicted molar refractivity (Wildman–Crippen MR) is 119 cm³/mol. The molecule has 0 amide bonds. The largest absolute Gasteiger partial charge is 0.493 e. The number of nitrogens with one attached hydrogen (secondary N) is 3. The van der Waals surface area contributed by atoms with E-state index in [4.69, 9.17) is 9.47 Å². The number of halogens is 1. The van der Waals surface area contributed by atoms with Crippen LogP contribution in [0.2, 0.25) is 0 Å². The molecule has 0 aliphatic carbocycles. The minimum absolute atomic E-state index is 0. The Morgan fingerprint density at radius 1 is 1.15 bits per heavy atom. The van der Waals surface area contributed by atoms with Crippen molar-refractivity contribution in [1.82, 2.24) is 10.0 Å². The van der Waals surface area contributed by atoms with Crippen molar-refractivity contribution in [2.24, 2.45) is 4.99 Å². The summed E-state index contributed by atoms with van der Waals surface area (Å²) < 4.78 is 37.4. The molecular formula is C16H23IN4O4S2. The number of hydrogen-bond donors (Lipinski definition) is 3. The van der Waals surface area contributed by atoms with Crippen LogP contribution < -0.4 is 24.8 Å². The Labute approximate surface area is 180 Å². The van der Waals surface area contributed by atoms with Crippen molar-refractivity contribution in [3.8, 4) is 11.5 Å². The summed E-state index contributed by atoms with van der Waals surface area (Å²) in [4.78, 5) is 4.11. The highest BCUT2D eigenvalue weighted by Crippen LogP contribution is 2.29. The average molecular weight is 526 g/mol. The van der Waals surface area contributed by atoms with Gasteiger partial charge in [0.1, 0.15) is 4.21 Å². The normalized spacial score (nSPS) is 11.4. The van der Waals surface area contributed by atoms with E-state index in [9.17, 15) is 8.42 Å². The number of benzene rings is 1. The van der Waals surface area contributed by atoms with E-state index in [2.05, 4.69) is 20.3 Å². The second-order valence-electron chi connectivity index (χ2n) is 5.02. The Balaban J connectivity index is 0.00000364. The van der Waals surface area contributed by atoms with E-state index >= 15 is 0 Å². The number of nitrogens with zero attached hydrogens (tertiary/aromatic N) is 1. The van der Waals surface area contributed by atoms with Gasteiger partial charge in [0, 0.05) is 31.9 Å². The fraction of sp³-hybridized carbons (Fsp3) is 0.312. The zero-order valence-corrected chi connectivity index (χ0v) is 19.1. The Kier molecular flexibility index (Phi) is 9.83. The summed E-state index contributed by atoms with van der Waals surface area (Å²) in [6.45, 7) is 0.602. The summed E-state index contributed by atoms with van der Waals surface area (Å²) in [5, 5.41) is 7.88. The number of ether oxygens (including phenoxy) is 2. The van der Waals surface area contributed by atoms with Crippen LogP contribution in [0, 0.1) is 0 Å². The fourth-order valence-corrected chi connectivity index (χ4v) is 4.15. The van der Waals surface area contributed by atoms with Gasteiger partial charge in [0.15, 0.2) is 17.5 Å². The van der Waals surface area contributed by atoms with E-state index in [0.29, 0.717) is 28.2 Å². The van der Waals surface area contributed by atoms with Crippen molar-refractivity contribution in [2.45, 2.75) is 4.21 Å². The van der Waals surface area contributed by atoms with Gasteiger partial charge in [0.25, 0.3) is 0 Å². The molecule has 0 bridgehead atoms. The second-order valence-corrected chi connectivity index (χ2v) is 7.97. The monoisotopic (exact) mass is 526 g/mol. The SMILES string of the molecule is CN=C(NCCNS(=O)(=O)c1cccs1)Nc1ccc(OC)c(OC)c1.I. The fourth-order valence-electron chi connectivity index (χ4n) is 2.08. The maximum absolute atomic E-state index is 12.0. The van der Waals surface area contributed by atoms with Crippen molar-refractivity contribution in [1.29, 1.82) is 0 Å². The number of methoxy groups -OCH3 is 2. The molecule has 11 heteroatoms. The van der Waals surface area contributed by atoms with Crippen molar-refractivity contribution >= 4 is 57.0 Å². The molecule has 0 saturated heterocycles. The van der Waals surface area contributed by atoms with E-state index in [-0.39, 0.29) is 30.5 Å². The molecule has 1 aromatic carbocycles. The molecule has 8 nitrogen and oxygen atoms in total. The number of hydrogen-bond acceptors (Lipinski definition) is 6. The molecule has 1 aromatic heterocycles. The second kappa shape index (κ2) is 11.3. The molecule has 0 saturated carbocycles. The summed E-state index contributed by atoms with van der Waals surface area (Å²) >= 11 is 1.18. The lowest BCUT2D eigenvalue weighted by atomic mass is 10.3. The first kappa shape index (κ1) is 23.5. The molecule has 150 valence electrons. The van der Waals surface area contributed by atoms with Crippen LogP contribution in [-0.4, -0.2) is 48.7 Å². The first-order chi connectivity index (χ1) is 12.5. The molecule has 2 rings (SSSR count). The molecule has 0 fully saturated rings. The number of sulfonamides is 1. The predicted octanol–water partition coefficient (Wildman–Crippen LogP) is 2.35. The maximum Gasteiger partial charge on any atom is 0.250 e. The van der Waals surface area contributed by atoms with Crippen LogP contribution in [0.4, 0.5) is 5.69 Å². The first-order valence-electron chi connectivity index (χ1n) is 7.73. The van der Waals surface area contributed by atoms with E-state index < -0.39 is 10.0 Å². The van der Waals surface area contributed by atoms with Crippen molar-refractivity contribution < 1.29 is 17.9 Å². The van der Waals surface area contributed by atoms with Crippen molar-refractivity contribution in [2.75, 3.05) is 39.7 Å². The van der Waals surface area contributed by atoms with E-state index in [0.717, 1.165) is 5.69 Å². The summed E-state index contributed by atoms with van der Waals surface area (Å²) in [6.07, 6.45) is 0. The highest BCUT2D eigenvalue weighted by molar-refractivity contribution is 14.0. The summed E-state index contributed by atoms with van der Waals surface area (Å²) in [5.74, 6) is 1.73. The molecule has 0 unspecified atom stereocenters. The quantitative estimate of drug-likeness (QED) is 0.211. The van der Waals surface area contributed by atoms with E-state index in [1.165, 1.54) is 11.3 Å². The van der Waals surface area contributed by atoms with Crippen LogP contribution in [0.3, 0.4) is 0 Å². The van der Waals surface area contributed by atoms with Crippen LogP contribution in [0.5, 0.6) is 11.5 Å². The van der Waals surface area contributed by atoms with Crippen LogP contribution >= 0.6 is 35.3 Å². The molecule has 1 heterocycles. The van der Waals surface area contributed by atoms with Crippen LogP contribution in [0.25, 0.3) is 0 Å². The van der Waals surface area contributed by atoms with Crippen LogP contribution in [0.1, 0.15) is 0 Å². The number of rotatable bonds is 8. The molecule has 0 spiro atoms. The third-order valence-corrected chi connectivity index (χ3v) is 6.20. The van der Waals surface area contributed by atoms with Gasteiger partial charge in [-0.3, -0.25) is 4.99 Å². The van der Waals surface area contributed by atoms with Gasteiger partial charge in [-0.1, -0.05) is 6.07 Å². The Hall–Kier alpha value is -1.57. The molecule has 0 atom stereocenters. The lowest BCUT2D eigenvalue weighted by molar-refractivity contribution is 0.355. The van der Waals surface area contributed by atoms with Gasteiger partial charge in [-0.25, -0.2) is 13.1 Å². The molecule has 0 radical (unpaired) electrons. The molecule has 2 aromatic rings. The number of anilines is 1. The highest BCUT2D eigenvalue weighted by atomic mass is 127. The minimum Gasteiger partial charge on any atom is -0.493 e. The number of thiophene rings is 1. The zero-order chi connectivity index (χ0) is 19.0. The van der Waals surface area contributed by atoms with Gasteiger partial charge < -0.3 is 20.1 Å². The Morgan fingerprint density at radius 2 is 1.89 bits per heavy atom. The van der Waals surface area contributed by atoms with Gasteiger partial charge in [0.2, 0.25) is 10.0 Å². The van der Waals surface area contributed by atoms with Crippen molar-refractivity contribution in [3.63, 3.8) is 0 Å². The van der Waals surface area contributed by atoms with Gasteiger partial charge in [-0.2, -0.15) is 0 Å². The number of aliphatic imine (C=N–C) groups is 1. The topological polar surface area (TPSA) is 101 Å².